The van der Waals surface area contributed by atoms with Crippen LogP contribution in [0.3, 0.4) is 0 Å². The Labute approximate surface area is 234 Å². The standard InChI is InChI=1S/C28H37NO10S/c1-19-5-14-23(15-6-19)40(35,36)38-18-17-37-22-12-8-20(9-13-22)7-10-21(25(30)31)11-16-24(26(32)33)29-27(34)39-28(2,3)4/h5-6,8-9,12-15,21,24H,7,10-11,16-18H2,1-4H3,(H,29,34)(H,30,31)(H,32,33)/t21?,24-/m0/s1. The molecule has 2 atom stereocenters. The van der Waals surface area contributed by atoms with Crippen LogP contribution in [0.5, 0.6) is 5.75 Å². The average molecular weight is 580 g/mol. The number of hydrogen-bond acceptors (Lipinski definition) is 8. The smallest absolute Gasteiger partial charge is 0.408 e. The number of ether oxygens (including phenoxy) is 2. The van der Waals surface area contributed by atoms with Gasteiger partial charge < -0.3 is 25.0 Å². The van der Waals surface area contributed by atoms with Crippen LogP contribution < -0.4 is 10.1 Å². The number of carboxylic acid groups (broad SMARTS) is 2. The third kappa shape index (κ3) is 11.6. The van der Waals surface area contributed by atoms with Crippen molar-refractivity contribution in [3.63, 3.8) is 0 Å². The van der Waals surface area contributed by atoms with Gasteiger partial charge in [-0.1, -0.05) is 29.8 Å². The lowest BCUT2D eigenvalue weighted by Gasteiger charge is -2.22. The van der Waals surface area contributed by atoms with Crippen LogP contribution in [0.2, 0.25) is 0 Å². The van der Waals surface area contributed by atoms with E-state index in [1.807, 2.05) is 6.92 Å². The zero-order chi connectivity index (χ0) is 29.9. The third-order valence-corrected chi connectivity index (χ3v) is 7.07. The van der Waals surface area contributed by atoms with Gasteiger partial charge in [-0.05, 0) is 83.2 Å². The quantitative estimate of drug-likeness (QED) is 0.206. The second-order valence-corrected chi connectivity index (χ2v) is 11.9. The summed E-state index contributed by atoms with van der Waals surface area (Å²) in [7, 11) is -3.88. The molecule has 1 unspecified atom stereocenters. The van der Waals surface area contributed by atoms with Gasteiger partial charge in [-0.2, -0.15) is 8.42 Å². The van der Waals surface area contributed by atoms with Gasteiger partial charge in [0.15, 0.2) is 0 Å². The topological polar surface area (TPSA) is 166 Å². The molecule has 0 bridgehead atoms. The molecule has 2 aromatic rings. The molecule has 0 aliphatic rings. The Morgan fingerprint density at radius 1 is 0.875 bits per heavy atom. The molecule has 12 heteroatoms. The van der Waals surface area contributed by atoms with Gasteiger partial charge in [0.1, 0.15) is 30.6 Å². The maximum absolute atomic E-state index is 12.2. The van der Waals surface area contributed by atoms with Crippen LogP contribution in [0.15, 0.2) is 53.4 Å². The largest absolute Gasteiger partial charge is 0.491 e. The molecular formula is C28H37NO10S. The molecule has 2 rings (SSSR count). The minimum atomic E-state index is -3.88. The summed E-state index contributed by atoms with van der Waals surface area (Å²) in [4.78, 5) is 35.3. The predicted octanol–water partition coefficient (Wildman–Crippen LogP) is 4.17. The summed E-state index contributed by atoms with van der Waals surface area (Å²) in [6, 6.07) is 12.0. The van der Waals surface area contributed by atoms with Crippen LogP contribution in [0.1, 0.15) is 51.2 Å². The van der Waals surface area contributed by atoms with E-state index in [4.69, 9.17) is 13.7 Å². The molecule has 40 heavy (non-hydrogen) atoms. The summed E-state index contributed by atoms with van der Waals surface area (Å²) >= 11 is 0. The van der Waals surface area contributed by atoms with Gasteiger partial charge in [-0.15, -0.1) is 0 Å². The van der Waals surface area contributed by atoms with Crippen molar-refractivity contribution in [3.8, 4) is 5.75 Å². The van der Waals surface area contributed by atoms with Gasteiger partial charge >= 0.3 is 18.0 Å². The fourth-order valence-electron chi connectivity index (χ4n) is 3.64. The van der Waals surface area contributed by atoms with Crippen LogP contribution in [-0.2, 0) is 35.0 Å². The maximum atomic E-state index is 12.2. The molecule has 2 aromatic carbocycles. The highest BCUT2D eigenvalue weighted by Gasteiger charge is 2.26. The van der Waals surface area contributed by atoms with Crippen molar-refractivity contribution in [1.29, 1.82) is 0 Å². The normalized spacial score (nSPS) is 13.2. The second kappa shape index (κ2) is 14.7. The number of aryl methyl sites for hydroxylation is 2. The summed E-state index contributed by atoms with van der Waals surface area (Å²) in [6.07, 6.45) is -0.214. The molecule has 0 spiro atoms. The number of nitrogens with one attached hydrogen (secondary N) is 1. The monoisotopic (exact) mass is 579 g/mol. The molecule has 220 valence electrons. The van der Waals surface area contributed by atoms with E-state index in [2.05, 4.69) is 5.32 Å². The van der Waals surface area contributed by atoms with Crippen molar-refractivity contribution in [2.45, 2.75) is 69.9 Å². The van der Waals surface area contributed by atoms with Crippen LogP contribution in [0, 0.1) is 12.8 Å². The van der Waals surface area contributed by atoms with Gasteiger partial charge in [0.25, 0.3) is 10.1 Å². The number of benzene rings is 2. The van der Waals surface area contributed by atoms with Crippen molar-refractivity contribution in [3.05, 3.63) is 59.7 Å². The van der Waals surface area contributed by atoms with Gasteiger partial charge in [0.2, 0.25) is 0 Å². The van der Waals surface area contributed by atoms with E-state index in [0.717, 1.165) is 11.1 Å². The number of carboxylic acids is 2. The lowest BCUT2D eigenvalue weighted by atomic mass is 9.93. The highest BCUT2D eigenvalue weighted by molar-refractivity contribution is 7.86. The molecule has 3 N–H and O–H groups in total. The van der Waals surface area contributed by atoms with E-state index in [-0.39, 0.29) is 37.4 Å². The third-order valence-electron chi connectivity index (χ3n) is 5.75. The minimum absolute atomic E-state index is 0.00754. The number of alkyl carbamates (subject to hydrolysis) is 1. The lowest BCUT2D eigenvalue weighted by Crippen LogP contribution is -2.43. The summed E-state index contributed by atoms with van der Waals surface area (Å²) < 4.78 is 40.1. The highest BCUT2D eigenvalue weighted by Crippen LogP contribution is 2.20. The van der Waals surface area contributed by atoms with Gasteiger partial charge in [0, 0.05) is 0 Å². The Bertz CT molecular complexity index is 1240. The van der Waals surface area contributed by atoms with Gasteiger partial charge in [-0.3, -0.25) is 8.98 Å². The predicted molar refractivity (Wildman–Crippen MR) is 146 cm³/mol. The number of hydrogen-bond donors (Lipinski definition) is 3. The first-order valence-corrected chi connectivity index (χ1v) is 14.2. The van der Waals surface area contributed by atoms with Crippen LogP contribution in [0.25, 0.3) is 0 Å². The summed E-state index contributed by atoms with van der Waals surface area (Å²) in [5.74, 6) is -2.65. The number of aliphatic carboxylic acids is 2. The van der Waals surface area contributed by atoms with E-state index in [1.165, 1.54) is 12.1 Å². The van der Waals surface area contributed by atoms with Gasteiger partial charge in [0.05, 0.1) is 10.8 Å². The van der Waals surface area contributed by atoms with E-state index < -0.39 is 45.7 Å². The first-order chi connectivity index (χ1) is 18.7. The van der Waals surface area contributed by atoms with Crippen molar-refractivity contribution in [1.82, 2.24) is 5.32 Å². The molecule has 1 amide bonds. The fourth-order valence-corrected chi connectivity index (χ4v) is 4.53. The number of carbonyl (C=O) groups is 3. The van der Waals surface area contributed by atoms with Crippen molar-refractivity contribution in [2.24, 2.45) is 5.92 Å². The molecule has 0 fully saturated rings. The van der Waals surface area contributed by atoms with Crippen molar-refractivity contribution in [2.75, 3.05) is 13.2 Å². The molecule has 0 aromatic heterocycles. The Hall–Kier alpha value is -3.64. The summed E-state index contributed by atoms with van der Waals surface area (Å²) in [5.41, 5.74) is 0.982. The molecule has 0 saturated carbocycles. The molecule has 0 aliphatic carbocycles. The fraction of sp³-hybridized carbons (Fsp3) is 0.464. The summed E-state index contributed by atoms with van der Waals surface area (Å²) in [5, 5.41) is 21.3. The second-order valence-electron chi connectivity index (χ2n) is 10.3. The Morgan fingerprint density at radius 2 is 1.50 bits per heavy atom. The molecule has 0 aliphatic heterocycles. The molecular weight excluding hydrogens is 542 g/mol. The Morgan fingerprint density at radius 3 is 2.05 bits per heavy atom. The van der Waals surface area contributed by atoms with E-state index in [0.29, 0.717) is 12.2 Å². The van der Waals surface area contributed by atoms with Crippen LogP contribution in [-0.4, -0.2) is 61.5 Å². The summed E-state index contributed by atoms with van der Waals surface area (Å²) in [6.45, 7) is 6.64. The van der Waals surface area contributed by atoms with Crippen LogP contribution in [0.4, 0.5) is 4.79 Å². The zero-order valence-electron chi connectivity index (χ0n) is 23.1. The highest BCUT2D eigenvalue weighted by atomic mass is 32.2. The minimum Gasteiger partial charge on any atom is -0.491 e. The number of rotatable bonds is 15. The van der Waals surface area contributed by atoms with Gasteiger partial charge in [-0.25, -0.2) is 9.59 Å². The molecule has 0 saturated heterocycles. The Balaban J connectivity index is 1.81. The lowest BCUT2D eigenvalue weighted by molar-refractivity contribution is -0.144. The molecule has 0 radical (unpaired) electrons. The van der Waals surface area contributed by atoms with Crippen molar-refractivity contribution < 1.29 is 46.7 Å². The SMILES string of the molecule is Cc1ccc(S(=O)(=O)OCCOc2ccc(CCC(CC[C@H](NC(=O)OC(C)(C)C)C(=O)O)C(=O)O)cc2)cc1. The maximum Gasteiger partial charge on any atom is 0.408 e. The molecule has 11 nitrogen and oxygen atoms in total. The first kappa shape index (κ1) is 32.6. The zero-order valence-corrected chi connectivity index (χ0v) is 23.9. The van der Waals surface area contributed by atoms with Crippen LogP contribution >= 0.6 is 0 Å². The number of amides is 1. The van der Waals surface area contributed by atoms with E-state index in [1.54, 1.807) is 57.2 Å². The average Bonchev–Trinajstić information content (AvgIpc) is 2.85. The Kier molecular flexibility index (Phi) is 11.9. The first-order valence-electron chi connectivity index (χ1n) is 12.8. The number of carbonyl (C=O) groups excluding carboxylic acids is 1. The van der Waals surface area contributed by atoms with E-state index >= 15 is 0 Å². The molecule has 0 heterocycles. The van der Waals surface area contributed by atoms with E-state index in [9.17, 15) is 33.0 Å². The van der Waals surface area contributed by atoms with Crippen molar-refractivity contribution >= 4 is 28.1 Å².